The van der Waals surface area contributed by atoms with Crippen molar-refractivity contribution in [2.45, 2.75) is 27.7 Å². The molecule has 0 amide bonds. The van der Waals surface area contributed by atoms with E-state index in [1.807, 2.05) is 0 Å². The second-order valence-electron chi connectivity index (χ2n) is 4.98. The van der Waals surface area contributed by atoms with Gasteiger partial charge in [0.05, 0.1) is 0 Å². The van der Waals surface area contributed by atoms with Gasteiger partial charge in [0, 0.05) is 25.8 Å². The number of rotatable bonds is 0. The Morgan fingerprint density at radius 3 is 0.778 bits per heavy atom. The number of anilines is 6. The summed E-state index contributed by atoms with van der Waals surface area (Å²) in [7, 11) is 0. The van der Waals surface area contributed by atoms with Crippen molar-refractivity contribution in [3.05, 3.63) is 0 Å². The summed E-state index contributed by atoms with van der Waals surface area (Å²) >= 11 is 0. The molecule has 0 saturated heterocycles. The number of aromatic nitrogens is 6. The van der Waals surface area contributed by atoms with E-state index in [1.54, 1.807) is 0 Å². The largest absolute Gasteiger partial charge is 0.550 e. The molecule has 36 heavy (non-hydrogen) atoms. The molecule has 22 nitrogen and oxygen atoms in total. The number of carboxylic acid groups (broad SMARTS) is 4. The Kier molecular flexibility index (Phi) is 31.9. The van der Waals surface area contributed by atoms with Gasteiger partial charge in [0.25, 0.3) is 11.9 Å². The van der Waals surface area contributed by atoms with Crippen molar-refractivity contribution in [2.75, 3.05) is 34.4 Å². The number of aliphatic carboxylic acids is 4. The highest BCUT2D eigenvalue weighted by Gasteiger charge is 2.01. The lowest BCUT2D eigenvalue weighted by molar-refractivity contribution is -0.351. The first-order chi connectivity index (χ1) is 15.3. The van der Waals surface area contributed by atoms with E-state index in [0.717, 1.165) is 27.7 Å². The van der Waals surface area contributed by atoms with Crippen molar-refractivity contribution in [3.8, 4) is 0 Å². The number of carbonyl (C=O) groups excluding carboxylic acids is 2. The Bertz CT molecular complexity index is 702. The van der Waals surface area contributed by atoms with Crippen molar-refractivity contribution < 1.29 is 60.5 Å². The van der Waals surface area contributed by atoms with Crippen LogP contribution < -0.4 is 54.6 Å². The molecule has 0 aliphatic heterocycles. The summed E-state index contributed by atoms with van der Waals surface area (Å²) in [5.74, 6) is -3.02. The maximum Gasteiger partial charge on any atom is 0.320 e. The Morgan fingerprint density at radius 1 is 0.583 bits per heavy atom. The smallest absolute Gasteiger partial charge is 0.320 e. The number of hydrogen-bond donors (Lipinski definition) is 8. The number of nitrogens with two attached hydrogens (primary N) is 6. The van der Waals surface area contributed by atoms with Crippen LogP contribution in [0.25, 0.3) is 0 Å². The fourth-order valence-electron chi connectivity index (χ4n) is 0.918. The number of nitrogen functional groups attached to an aromatic ring is 6. The monoisotopic (exact) mass is 528 g/mol. The van der Waals surface area contributed by atoms with Gasteiger partial charge < -0.3 is 75.4 Å². The van der Waals surface area contributed by atoms with Crippen LogP contribution in [0.4, 0.5) is 35.7 Å². The van der Waals surface area contributed by atoms with E-state index in [2.05, 4.69) is 29.9 Å². The van der Waals surface area contributed by atoms with Crippen LogP contribution in [-0.4, -0.2) is 65.0 Å². The number of aromatic amines is 2. The van der Waals surface area contributed by atoms with E-state index in [0.29, 0.717) is 0 Å². The van der Waals surface area contributed by atoms with Gasteiger partial charge in [-0.15, -0.1) is 0 Å². The Balaban J connectivity index is -0.0000000781. The number of nitrogens with zero attached hydrogens (tertiary/aromatic N) is 4. The number of nitrogens with one attached hydrogen (secondary N) is 2. The first-order valence-electron chi connectivity index (χ1n) is 8.19. The molecule has 0 spiro atoms. The number of carbonyl (C=O) groups is 4. The molecule has 22 heteroatoms. The van der Waals surface area contributed by atoms with Crippen LogP contribution >= 0.6 is 0 Å². The van der Waals surface area contributed by atoms with Gasteiger partial charge in [-0.05, 0) is 13.8 Å². The van der Waals surface area contributed by atoms with Gasteiger partial charge in [-0.3, -0.25) is 9.59 Å². The van der Waals surface area contributed by atoms with Crippen LogP contribution in [-0.2, 0) is 19.2 Å². The molecule has 2 aromatic heterocycles. The fourth-order valence-corrected chi connectivity index (χ4v) is 0.918. The third kappa shape index (κ3) is 63.0. The first kappa shape index (κ1) is 44.3. The summed E-state index contributed by atoms with van der Waals surface area (Å²) in [4.78, 5) is 54.9. The molecular weight excluding hydrogens is 496 g/mol. The molecule has 0 saturated carbocycles. The van der Waals surface area contributed by atoms with Crippen molar-refractivity contribution in [1.29, 1.82) is 0 Å². The lowest BCUT2D eigenvalue weighted by atomic mass is 10.9. The van der Waals surface area contributed by atoms with Gasteiger partial charge in [0.1, 0.15) is 0 Å². The standard InChI is InChI=1S/2C3H6N6.4C2H4O2.2H2O/c2*4-1-7-2(5)9-3(6)8-1;4*1-2(3)4;;/h2*(H6,4,5,6,7,8,9);4*1H3,(H,3,4);2*1H2. The average Bonchev–Trinajstić information content (AvgIpc) is 2.50. The minimum absolute atomic E-state index is 0. The number of H-pyrrole nitrogens is 2. The van der Waals surface area contributed by atoms with Gasteiger partial charge in [0.2, 0.25) is 0 Å². The van der Waals surface area contributed by atoms with E-state index in [4.69, 9.17) is 74.0 Å². The van der Waals surface area contributed by atoms with Crippen molar-refractivity contribution in [2.24, 2.45) is 0 Å². The number of hydrogen-bond acceptors (Lipinski definition) is 16. The second kappa shape index (κ2) is 25.9. The lowest BCUT2D eigenvalue weighted by Crippen LogP contribution is -2.20. The zero-order valence-electron chi connectivity index (χ0n) is 19.6. The van der Waals surface area contributed by atoms with Crippen LogP contribution in [0, 0.1) is 0 Å². The van der Waals surface area contributed by atoms with Gasteiger partial charge >= 0.3 is 35.7 Å². The quantitative estimate of drug-likeness (QED) is 0.157. The molecule has 0 aliphatic rings. The molecule has 0 aliphatic carbocycles. The van der Waals surface area contributed by atoms with Crippen LogP contribution in [0.15, 0.2) is 0 Å². The van der Waals surface area contributed by atoms with Crippen molar-refractivity contribution in [3.63, 3.8) is 0 Å². The van der Waals surface area contributed by atoms with Gasteiger partial charge in [-0.1, -0.05) is 19.9 Å². The molecule has 2 aromatic rings. The van der Waals surface area contributed by atoms with E-state index in [-0.39, 0.29) is 46.6 Å². The van der Waals surface area contributed by atoms with Crippen molar-refractivity contribution in [1.82, 2.24) is 19.9 Å². The first-order valence-corrected chi connectivity index (χ1v) is 8.19. The molecule has 0 radical (unpaired) electrons. The Hall–Kier alpha value is -5.38. The highest BCUT2D eigenvalue weighted by Crippen LogP contribution is 1.92. The zero-order valence-corrected chi connectivity index (χ0v) is 19.6. The third-order valence-electron chi connectivity index (χ3n) is 1.45. The molecule has 2 rings (SSSR count). The van der Waals surface area contributed by atoms with Crippen LogP contribution in [0.5, 0.6) is 0 Å². The molecule has 2 heterocycles. The van der Waals surface area contributed by atoms with E-state index in [9.17, 15) is 0 Å². The highest BCUT2D eigenvalue weighted by molar-refractivity contribution is 5.63. The minimum Gasteiger partial charge on any atom is -0.550 e. The Morgan fingerprint density at radius 2 is 0.694 bits per heavy atom. The van der Waals surface area contributed by atoms with Crippen LogP contribution in [0.1, 0.15) is 27.7 Å². The SMILES string of the molecule is CC(=O)O.CC(=O)O.CC(=O)[O-].CC(=O)[O-].Nc1nc(N)[nH+]c(N)n1.Nc1nc(N)[nH+]c(N)n1.O.O. The minimum atomic E-state index is -1.08. The molecule has 208 valence electrons. The molecule has 0 fully saturated rings. The topological polar surface area (TPSA) is 454 Å². The summed E-state index contributed by atoms with van der Waals surface area (Å²) in [5.41, 5.74) is 31.1. The second-order valence-corrected chi connectivity index (χ2v) is 4.98. The maximum atomic E-state index is 9.00. The maximum absolute atomic E-state index is 9.00. The lowest BCUT2D eigenvalue weighted by Gasteiger charge is -1.87. The molecule has 0 aromatic carbocycles. The molecule has 20 N–H and O–H groups in total. The highest BCUT2D eigenvalue weighted by atomic mass is 16.4. The normalized spacial score (nSPS) is 7.44. The Labute approximate surface area is 203 Å². The van der Waals surface area contributed by atoms with Gasteiger partial charge in [-0.25, -0.2) is 9.97 Å². The molecule has 0 unspecified atom stereocenters. The molecular formula is C14H32N12O10. The average molecular weight is 528 g/mol. The predicted octanol–water partition coefficient (Wildman–Crippen LogP) is -7.88. The van der Waals surface area contributed by atoms with Gasteiger partial charge in [-0.2, -0.15) is 0 Å². The molecule has 0 atom stereocenters. The van der Waals surface area contributed by atoms with E-state index in [1.165, 1.54) is 0 Å². The third-order valence-corrected chi connectivity index (χ3v) is 1.45. The number of carboxylic acids is 4. The van der Waals surface area contributed by atoms with Gasteiger partial charge in [0.15, 0.2) is 0 Å². The molecule has 0 bridgehead atoms. The van der Waals surface area contributed by atoms with E-state index < -0.39 is 23.9 Å². The predicted molar refractivity (Wildman–Crippen MR) is 119 cm³/mol. The van der Waals surface area contributed by atoms with Crippen molar-refractivity contribution >= 4 is 59.6 Å². The van der Waals surface area contributed by atoms with E-state index >= 15 is 0 Å². The summed E-state index contributed by atoms with van der Waals surface area (Å²) < 4.78 is 0. The zero-order chi connectivity index (χ0) is 28.0. The summed E-state index contributed by atoms with van der Waals surface area (Å²) in [6.45, 7) is 4.11. The van der Waals surface area contributed by atoms with Crippen LogP contribution in [0.2, 0.25) is 0 Å². The fraction of sp³-hybridized carbons (Fsp3) is 0.286. The van der Waals surface area contributed by atoms with Crippen LogP contribution in [0.3, 0.4) is 0 Å². The summed E-state index contributed by atoms with van der Waals surface area (Å²) in [6.07, 6.45) is 0. The summed E-state index contributed by atoms with van der Waals surface area (Å²) in [5, 5.41) is 32.6. The summed E-state index contributed by atoms with van der Waals surface area (Å²) in [6, 6.07) is 0.